The number of nitrogens with one attached hydrogen (secondary N) is 2. The lowest BCUT2D eigenvalue weighted by atomic mass is 10.0. The zero-order chi connectivity index (χ0) is 16.9. The Morgan fingerprint density at radius 3 is 2.79 bits per heavy atom. The summed E-state index contributed by atoms with van der Waals surface area (Å²) in [6, 6.07) is 9.30. The Kier molecular flexibility index (Phi) is 4.74. The van der Waals surface area contributed by atoms with Gasteiger partial charge in [-0.2, -0.15) is 5.10 Å². The van der Waals surface area contributed by atoms with E-state index in [1.807, 2.05) is 43.3 Å². The van der Waals surface area contributed by atoms with Crippen LogP contribution in [0.15, 0.2) is 48.7 Å². The molecule has 0 radical (unpaired) electrons. The van der Waals surface area contributed by atoms with Gasteiger partial charge in [0, 0.05) is 12.1 Å². The van der Waals surface area contributed by atoms with Gasteiger partial charge < -0.3 is 10.6 Å². The third kappa shape index (κ3) is 3.53. The summed E-state index contributed by atoms with van der Waals surface area (Å²) in [5, 5.41) is 9.60. The zero-order valence-corrected chi connectivity index (χ0v) is 13.5. The van der Waals surface area contributed by atoms with Crippen LogP contribution >= 0.6 is 0 Å². The van der Waals surface area contributed by atoms with Gasteiger partial charge >= 0.3 is 11.8 Å². The number of benzene rings is 1. The first kappa shape index (κ1) is 16.0. The number of carbonyl (C=O) groups is 2. The van der Waals surface area contributed by atoms with Crippen LogP contribution in [0.2, 0.25) is 0 Å². The number of rotatable bonds is 3. The molecule has 24 heavy (non-hydrogen) atoms. The molecule has 1 aliphatic rings. The highest BCUT2D eigenvalue weighted by Gasteiger charge is 2.20. The molecule has 2 amide bonds. The number of para-hydroxylation sites is 1. The fourth-order valence-corrected chi connectivity index (χ4v) is 2.73. The standard InChI is InChI=1S/C18H20N4O2/c1-13-7-5-6-10-15(13)22-16(11-12-19-22)21-18(24)17(23)20-14-8-3-2-4-9-14/h3,5-8,10-12,14H,2,4,9H2,1H3,(H,20,23)(H,21,24). The van der Waals surface area contributed by atoms with Crippen LogP contribution in [0.5, 0.6) is 0 Å². The van der Waals surface area contributed by atoms with E-state index in [2.05, 4.69) is 15.7 Å². The van der Waals surface area contributed by atoms with E-state index in [-0.39, 0.29) is 6.04 Å². The summed E-state index contributed by atoms with van der Waals surface area (Å²) in [5.74, 6) is -0.864. The molecule has 6 heteroatoms. The number of allylic oxidation sites excluding steroid dienone is 1. The van der Waals surface area contributed by atoms with Crippen molar-refractivity contribution in [2.45, 2.75) is 32.2 Å². The van der Waals surface area contributed by atoms with Gasteiger partial charge in [0.15, 0.2) is 0 Å². The summed E-state index contributed by atoms with van der Waals surface area (Å²) in [7, 11) is 0. The van der Waals surface area contributed by atoms with Crippen LogP contribution < -0.4 is 10.6 Å². The Morgan fingerprint density at radius 1 is 1.21 bits per heavy atom. The summed E-state index contributed by atoms with van der Waals surface area (Å²) in [5.41, 5.74) is 1.88. The first-order chi connectivity index (χ1) is 11.6. The molecule has 1 aromatic heterocycles. The van der Waals surface area contributed by atoms with Crippen molar-refractivity contribution in [2.24, 2.45) is 0 Å². The molecule has 0 saturated heterocycles. The SMILES string of the molecule is Cc1ccccc1-n1nccc1NC(=O)C(=O)NC1C=CCCC1. The Hall–Kier alpha value is -2.89. The Labute approximate surface area is 140 Å². The molecule has 0 aliphatic heterocycles. The molecule has 0 fully saturated rings. The maximum Gasteiger partial charge on any atom is 0.314 e. The van der Waals surface area contributed by atoms with Gasteiger partial charge in [0.05, 0.1) is 11.9 Å². The first-order valence-electron chi connectivity index (χ1n) is 8.03. The molecule has 0 saturated carbocycles. The summed E-state index contributed by atoms with van der Waals surface area (Å²) >= 11 is 0. The van der Waals surface area contributed by atoms with E-state index >= 15 is 0 Å². The normalized spacial score (nSPS) is 16.6. The van der Waals surface area contributed by atoms with E-state index in [1.165, 1.54) is 0 Å². The predicted octanol–water partition coefficient (Wildman–Crippen LogP) is 2.34. The molecule has 0 spiro atoms. The largest absolute Gasteiger partial charge is 0.342 e. The number of nitrogens with zero attached hydrogens (tertiary/aromatic N) is 2. The third-order valence-electron chi connectivity index (χ3n) is 4.00. The Bertz CT molecular complexity index is 779. The van der Waals surface area contributed by atoms with Crippen LogP contribution in [-0.2, 0) is 9.59 Å². The second kappa shape index (κ2) is 7.12. The lowest BCUT2D eigenvalue weighted by molar-refractivity contribution is -0.136. The van der Waals surface area contributed by atoms with Crippen molar-refractivity contribution in [3.05, 3.63) is 54.2 Å². The topological polar surface area (TPSA) is 76.0 Å². The number of anilines is 1. The summed E-state index contributed by atoms with van der Waals surface area (Å²) < 4.78 is 1.61. The number of hydrogen-bond donors (Lipinski definition) is 2. The number of hydrogen-bond acceptors (Lipinski definition) is 3. The second-order valence-corrected chi connectivity index (χ2v) is 5.81. The number of amides is 2. The summed E-state index contributed by atoms with van der Waals surface area (Å²) in [6.07, 6.45) is 8.45. The van der Waals surface area contributed by atoms with E-state index in [1.54, 1.807) is 16.9 Å². The lowest BCUT2D eigenvalue weighted by Crippen LogP contribution is -2.41. The number of aryl methyl sites for hydroxylation is 1. The van der Waals surface area contributed by atoms with Crippen LogP contribution in [0.25, 0.3) is 5.69 Å². The lowest BCUT2D eigenvalue weighted by Gasteiger charge is -2.17. The van der Waals surface area contributed by atoms with Gasteiger partial charge in [0.2, 0.25) is 0 Å². The van der Waals surface area contributed by atoms with Gasteiger partial charge in [-0.25, -0.2) is 4.68 Å². The van der Waals surface area contributed by atoms with Gasteiger partial charge in [-0.3, -0.25) is 9.59 Å². The minimum absolute atomic E-state index is 0.0710. The quantitative estimate of drug-likeness (QED) is 0.672. The number of aromatic nitrogens is 2. The monoisotopic (exact) mass is 324 g/mol. The fourth-order valence-electron chi connectivity index (χ4n) is 2.73. The van der Waals surface area contributed by atoms with Crippen molar-refractivity contribution >= 4 is 17.6 Å². The molecule has 2 N–H and O–H groups in total. The van der Waals surface area contributed by atoms with Crippen LogP contribution in [0.1, 0.15) is 24.8 Å². The van der Waals surface area contributed by atoms with Crippen LogP contribution in [0.4, 0.5) is 5.82 Å². The van der Waals surface area contributed by atoms with Gasteiger partial charge in [-0.1, -0.05) is 30.4 Å². The van der Waals surface area contributed by atoms with Gasteiger partial charge in [-0.15, -0.1) is 0 Å². The van der Waals surface area contributed by atoms with Crippen molar-refractivity contribution in [1.82, 2.24) is 15.1 Å². The molecular weight excluding hydrogens is 304 g/mol. The Morgan fingerprint density at radius 2 is 2.04 bits per heavy atom. The van der Waals surface area contributed by atoms with Gasteiger partial charge in [0.1, 0.15) is 5.82 Å². The van der Waals surface area contributed by atoms with Gasteiger partial charge in [-0.05, 0) is 37.8 Å². The molecule has 1 atom stereocenters. The smallest absolute Gasteiger partial charge is 0.314 e. The van der Waals surface area contributed by atoms with Crippen molar-refractivity contribution < 1.29 is 9.59 Å². The van der Waals surface area contributed by atoms with Crippen molar-refractivity contribution in [3.63, 3.8) is 0 Å². The molecular formula is C18H20N4O2. The Balaban J connectivity index is 1.70. The molecule has 1 unspecified atom stereocenters. The van der Waals surface area contributed by atoms with E-state index in [0.29, 0.717) is 5.82 Å². The van der Waals surface area contributed by atoms with Crippen LogP contribution in [0.3, 0.4) is 0 Å². The highest BCUT2D eigenvalue weighted by Crippen LogP contribution is 2.18. The second-order valence-electron chi connectivity index (χ2n) is 5.81. The maximum atomic E-state index is 12.2. The molecule has 6 nitrogen and oxygen atoms in total. The minimum Gasteiger partial charge on any atom is -0.342 e. The first-order valence-corrected chi connectivity index (χ1v) is 8.03. The molecule has 2 aromatic rings. The summed E-state index contributed by atoms with van der Waals surface area (Å²) in [6.45, 7) is 1.96. The highest BCUT2D eigenvalue weighted by atomic mass is 16.2. The highest BCUT2D eigenvalue weighted by molar-refractivity contribution is 6.39. The van der Waals surface area contributed by atoms with Gasteiger partial charge in [0.25, 0.3) is 0 Å². The van der Waals surface area contributed by atoms with E-state index in [0.717, 1.165) is 30.5 Å². The maximum absolute atomic E-state index is 12.2. The van der Waals surface area contributed by atoms with Crippen LogP contribution in [0, 0.1) is 6.92 Å². The van der Waals surface area contributed by atoms with E-state index in [4.69, 9.17) is 0 Å². The van der Waals surface area contributed by atoms with Crippen molar-refractivity contribution in [1.29, 1.82) is 0 Å². The zero-order valence-electron chi connectivity index (χ0n) is 13.5. The molecule has 3 rings (SSSR count). The predicted molar refractivity (Wildman–Crippen MR) is 91.9 cm³/mol. The van der Waals surface area contributed by atoms with Crippen LogP contribution in [-0.4, -0.2) is 27.6 Å². The van der Waals surface area contributed by atoms with Crippen molar-refractivity contribution in [2.75, 3.05) is 5.32 Å². The molecule has 0 bridgehead atoms. The van der Waals surface area contributed by atoms with Crippen molar-refractivity contribution in [3.8, 4) is 5.69 Å². The summed E-state index contributed by atoms with van der Waals surface area (Å²) in [4.78, 5) is 24.2. The average molecular weight is 324 g/mol. The van der Waals surface area contributed by atoms with E-state index < -0.39 is 11.8 Å². The average Bonchev–Trinajstić information content (AvgIpc) is 3.04. The molecule has 1 aliphatic carbocycles. The van der Waals surface area contributed by atoms with E-state index in [9.17, 15) is 9.59 Å². The number of carbonyl (C=O) groups excluding carboxylic acids is 2. The minimum atomic E-state index is -0.690. The fraction of sp³-hybridized carbons (Fsp3) is 0.278. The molecule has 124 valence electrons. The molecule has 1 aromatic carbocycles. The third-order valence-corrected chi connectivity index (χ3v) is 4.00. The molecule has 1 heterocycles.